The van der Waals surface area contributed by atoms with E-state index in [1.807, 2.05) is 11.4 Å². The molecule has 3 rings (SSSR count). The fraction of sp³-hybridized carbons (Fsp3) is 0.643. The summed E-state index contributed by atoms with van der Waals surface area (Å²) in [7, 11) is -2.83. The van der Waals surface area contributed by atoms with Crippen LogP contribution in [-0.2, 0) is 9.84 Å². The van der Waals surface area contributed by atoms with Gasteiger partial charge >= 0.3 is 0 Å². The maximum atomic E-state index is 12.1. The number of sulfone groups is 1. The number of piperidine rings is 1. The van der Waals surface area contributed by atoms with Crippen LogP contribution in [0.25, 0.3) is 0 Å². The highest BCUT2D eigenvalue weighted by atomic mass is 79.9. The van der Waals surface area contributed by atoms with Gasteiger partial charge in [-0.2, -0.15) is 0 Å². The largest absolute Gasteiger partial charge is 0.349 e. The Morgan fingerprint density at radius 1 is 1.32 bits per heavy atom. The van der Waals surface area contributed by atoms with Gasteiger partial charge in [0, 0.05) is 35.0 Å². The Labute approximate surface area is 143 Å². The number of halogens is 1. The Bertz CT molecular complexity index is 651. The van der Waals surface area contributed by atoms with Gasteiger partial charge in [0.25, 0.3) is 5.91 Å². The number of hydrogen-bond acceptors (Lipinski definition) is 5. The van der Waals surface area contributed by atoms with E-state index >= 15 is 0 Å². The van der Waals surface area contributed by atoms with Crippen LogP contribution in [0.2, 0.25) is 0 Å². The zero-order valence-electron chi connectivity index (χ0n) is 12.1. The minimum absolute atomic E-state index is 0.0161. The van der Waals surface area contributed by atoms with Gasteiger partial charge in [0.15, 0.2) is 9.84 Å². The molecule has 122 valence electrons. The van der Waals surface area contributed by atoms with Gasteiger partial charge in [-0.25, -0.2) is 8.42 Å². The molecule has 1 aromatic heterocycles. The molecule has 1 amide bonds. The van der Waals surface area contributed by atoms with E-state index in [4.69, 9.17) is 0 Å². The summed E-state index contributed by atoms with van der Waals surface area (Å²) >= 11 is 4.79. The van der Waals surface area contributed by atoms with Gasteiger partial charge in [-0.1, -0.05) is 0 Å². The fourth-order valence-electron chi connectivity index (χ4n) is 3.16. The fourth-order valence-corrected chi connectivity index (χ4v) is 6.25. The monoisotopic (exact) mass is 406 g/mol. The smallest absolute Gasteiger partial charge is 0.261 e. The van der Waals surface area contributed by atoms with E-state index in [9.17, 15) is 13.2 Å². The number of carbonyl (C=O) groups is 1. The number of rotatable bonds is 3. The van der Waals surface area contributed by atoms with Crippen LogP contribution >= 0.6 is 27.3 Å². The molecule has 5 nitrogen and oxygen atoms in total. The molecule has 2 aliphatic rings. The Morgan fingerprint density at radius 2 is 2.05 bits per heavy atom. The molecule has 2 aliphatic heterocycles. The molecule has 0 unspecified atom stereocenters. The quantitative estimate of drug-likeness (QED) is 0.831. The standard InChI is InChI=1S/C14H19BrN2O3S2/c15-10-7-13(21-8-10)14(18)16-11-1-4-17(5-2-11)12-3-6-22(19,20)9-12/h7-8,11-12H,1-6,9H2,(H,16,18)/t12-/m0/s1. The summed E-state index contributed by atoms with van der Waals surface area (Å²) in [4.78, 5) is 15.1. The third kappa shape index (κ3) is 3.90. The Balaban J connectivity index is 1.49. The number of amides is 1. The molecule has 0 bridgehead atoms. The lowest BCUT2D eigenvalue weighted by molar-refractivity contribution is 0.0902. The van der Waals surface area contributed by atoms with Gasteiger partial charge in [-0.15, -0.1) is 11.3 Å². The van der Waals surface area contributed by atoms with Gasteiger partial charge in [0.05, 0.1) is 16.4 Å². The van der Waals surface area contributed by atoms with E-state index < -0.39 is 9.84 Å². The van der Waals surface area contributed by atoms with Crippen LogP contribution in [0.5, 0.6) is 0 Å². The number of hydrogen-bond donors (Lipinski definition) is 1. The molecule has 0 radical (unpaired) electrons. The number of carbonyl (C=O) groups excluding carboxylic acids is 1. The summed E-state index contributed by atoms with van der Waals surface area (Å²) in [5.41, 5.74) is 0. The third-order valence-electron chi connectivity index (χ3n) is 4.38. The predicted octanol–water partition coefficient (Wildman–Crippen LogP) is 1.89. The van der Waals surface area contributed by atoms with Crippen molar-refractivity contribution in [2.24, 2.45) is 0 Å². The normalized spacial score (nSPS) is 26.1. The molecule has 0 aromatic carbocycles. The number of nitrogens with one attached hydrogen (secondary N) is 1. The van der Waals surface area contributed by atoms with Crippen LogP contribution in [0.3, 0.4) is 0 Å². The first-order valence-electron chi connectivity index (χ1n) is 7.42. The first-order valence-corrected chi connectivity index (χ1v) is 10.9. The minimum atomic E-state index is -2.83. The van der Waals surface area contributed by atoms with Gasteiger partial charge in [0.2, 0.25) is 0 Å². The van der Waals surface area contributed by atoms with Crippen molar-refractivity contribution in [2.75, 3.05) is 24.6 Å². The zero-order valence-corrected chi connectivity index (χ0v) is 15.3. The summed E-state index contributed by atoms with van der Waals surface area (Å²) in [6, 6.07) is 2.19. The molecule has 1 atom stereocenters. The van der Waals surface area contributed by atoms with Gasteiger partial charge in [0.1, 0.15) is 0 Å². The highest BCUT2D eigenvalue weighted by Gasteiger charge is 2.34. The first-order chi connectivity index (χ1) is 10.4. The van der Waals surface area contributed by atoms with E-state index in [1.54, 1.807) is 0 Å². The van der Waals surface area contributed by atoms with Crippen molar-refractivity contribution < 1.29 is 13.2 Å². The molecule has 1 aromatic rings. The van der Waals surface area contributed by atoms with Crippen LogP contribution in [0, 0.1) is 0 Å². The molecule has 1 N–H and O–H groups in total. The maximum Gasteiger partial charge on any atom is 0.261 e. The van der Waals surface area contributed by atoms with Gasteiger partial charge in [-0.3, -0.25) is 9.69 Å². The lowest BCUT2D eigenvalue weighted by atomic mass is 10.0. The van der Waals surface area contributed by atoms with Crippen molar-refractivity contribution >= 4 is 43.0 Å². The van der Waals surface area contributed by atoms with Crippen molar-refractivity contribution in [1.82, 2.24) is 10.2 Å². The highest BCUT2D eigenvalue weighted by molar-refractivity contribution is 9.10. The average Bonchev–Trinajstić information content (AvgIpc) is 3.05. The molecule has 0 spiro atoms. The molecule has 3 heterocycles. The number of likely N-dealkylation sites (tertiary alicyclic amines) is 1. The van der Waals surface area contributed by atoms with E-state index in [1.165, 1.54) is 11.3 Å². The SMILES string of the molecule is O=C(NC1CCN([C@H]2CCS(=O)(=O)C2)CC1)c1cc(Br)cs1. The van der Waals surface area contributed by atoms with E-state index in [-0.39, 0.29) is 18.0 Å². The second-order valence-electron chi connectivity index (χ2n) is 5.97. The second-order valence-corrected chi connectivity index (χ2v) is 10.0. The van der Waals surface area contributed by atoms with E-state index in [0.717, 1.165) is 41.7 Å². The van der Waals surface area contributed by atoms with Gasteiger partial charge < -0.3 is 5.32 Å². The summed E-state index contributed by atoms with van der Waals surface area (Å²) in [5.74, 6) is 0.604. The zero-order chi connectivity index (χ0) is 15.7. The topological polar surface area (TPSA) is 66.5 Å². The van der Waals surface area contributed by atoms with Crippen molar-refractivity contribution in [3.05, 3.63) is 20.8 Å². The molecular formula is C14H19BrN2O3S2. The van der Waals surface area contributed by atoms with Crippen LogP contribution in [-0.4, -0.2) is 55.9 Å². The molecule has 0 aliphatic carbocycles. The number of thiophene rings is 1. The van der Waals surface area contributed by atoms with E-state index in [0.29, 0.717) is 11.5 Å². The summed E-state index contributed by atoms with van der Waals surface area (Å²) in [5, 5.41) is 4.98. The molecular weight excluding hydrogens is 388 g/mol. The average molecular weight is 407 g/mol. The summed E-state index contributed by atoms with van der Waals surface area (Å²) < 4.78 is 24.1. The Kier molecular flexibility index (Phi) is 4.92. The highest BCUT2D eigenvalue weighted by Crippen LogP contribution is 2.23. The van der Waals surface area contributed by atoms with Crippen molar-refractivity contribution in [3.8, 4) is 0 Å². The van der Waals surface area contributed by atoms with Crippen molar-refractivity contribution in [1.29, 1.82) is 0 Å². The van der Waals surface area contributed by atoms with Crippen LogP contribution in [0.4, 0.5) is 0 Å². The molecule has 22 heavy (non-hydrogen) atoms. The summed E-state index contributed by atoms with van der Waals surface area (Å²) in [6.45, 7) is 1.72. The Morgan fingerprint density at radius 3 is 2.59 bits per heavy atom. The van der Waals surface area contributed by atoms with Crippen LogP contribution in [0.15, 0.2) is 15.9 Å². The number of nitrogens with zero attached hydrogens (tertiary/aromatic N) is 1. The van der Waals surface area contributed by atoms with Crippen LogP contribution in [0.1, 0.15) is 28.9 Å². The van der Waals surface area contributed by atoms with Crippen molar-refractivity contribution in [2.45, 2.75) is 31.3 Å². The lowest BCUT2D eigenvalue weighted by Crippen LogP contribution is -2.48. The van der Waals surface area contributed by atoms with E-state index in [2.05, 4.69) is 26.1 Å². The van der Waals surface area contributed by atoms with Gasteiger partial charge in [-0.05, 0) is 41.3 Å². The first kappa shape index (κ1) is 16.4. The lowest BCUT2D eigenvalue weighted by Gasteiger charge is -2.35. The molecule has 0 saturated carbocycles. The second kappa shape index (κ2) is 6.59. The third-order valence-corrected chi connectivity index (χ3v) is 7.82. The minimum Gasteiger partial charge on any atom is -0.349 e. The maximum absolute atomic E-state index is 12.1. The van der Waals surface area contributed by atoms with Crippen LogP contribution < -0.4 is 5.32 Å². The Hall–Kier alpha value is -0.440. The molecule has 2 fully saturated rings. The summed E-state index contributed by atoms with van der Waals surface area (Å²) in [6.07, 6.45) is 2.52. The molecule has 8 heteroatoms. The predicted molar refractivity (Wildman–Crippen MR) is 91.1 cm³/mol. The van der Waals surface area contributed by atoms with Crippen molar-refractivity contribution in [3.63, 3.8) is 0 Å². The molecule has 2 saturated heterocycles.